The van der Waals surface area contributed by atoms with E-state index in [0.29, 0.717) is 56.3 Å². The van der Waals surface area contributed by atoms with Crippen LogP contribution in [0.15, 0.2) is 59.7 Å². The van der Waals surface area contributed by atoms with Gasteiger partial charge in [-0.05, 0) is 107 Å². The molecule has 384 valence electrons. The minimum absolute atomic E-state index is 0.00350. The number of piperidine rings is 2. The normalized spacial score (nSPS) is 25.7. The van der Waals surface area contributed by atoms with Gasteiger partial charge in [0.05, 0.1) is 37.9 Å². The number of nitrogens with zero attached hydrogens (tertiary/aromatic N) is 10. The molecule has 10 rings (SSSR count). The molecule has 3 unspecified atom stereocenters. The lowest BCUT2D eigenvalue weighted by molar-refractivity contribution is -0.121. The highest BCUT2D eigenvalue weighted by Gasteiger charge is 2.43. The van der Waals surface area contributed by atoms with Crippen molar-refractivity contribution in [1.29, 1.82) is 0 Å². The minimum Gasteiger partial charge on any atom is -0.394 e. The van der Waals surface area contributed by atoms with E-state index in [4.69, 9.17) is 14.7 Å². The van der Waals surface area contributed by atoms with Crippen LogP contribution in [0.25, 0.3) is 6.08 Å². The molecule has 4 aromatic rings. The first-order chi connectivity index (χ1) is 34.7. The molecule has 4 fully saturated rings. The number of hydrogen-bond acceptors (Lipinski definition) is 14. The maximum Gasteiger partial charge on any atom is 0.293 e. The summed E-state index contributed by atoms with van der Waals surface area (Å²) in [5.41, 5.74) is 6.63. The third-order valence-electron chi connectivity index (χ3n) is 16.3. The summed E-state index contributed by atoms with van der Waals surface area (Å²) in [6.45, 7) is 18.8. The number of carbonyl (C=O) groups excluding carboxylic acids is 3. The van der Waals surface area contributed by atoms with Crippen LogP contribution < -0.4 is 35.8 Å². The molecule has 8 heterocycles. The van der Waals surface area contributed by atoms with Gasteiger partial charge in [-0.25, -0.2) is 9.97 Å². The Hall–Kier alpha value is -6.24. The standard InChI is InChI=1S/C54H72N12O6/c1-35-24-41(14-17-61(35)42-13-15-55-48(27-42)63-22-23-72-33-37(63)3)60-18-19-62(36(2)30-60)43-11-10-40(25-38(43)9-12-50(69)56-34-68)57-51-53(71)59(6)31-49(58-51)65-16-7-8-44(47(65)32-67)66-21-20-64-45(52(66)70)26-39-28-54(4,5)29-46(39)64/h9-13,15,25-27,31,34-37,41,44,47,67H,7-8,14,16-24,28-30,32-33H2,1-6H3,(H,57,58)(H,56,68,69)/t35-,36+,37+,41?,44?,47?/m1/s1. The van der Waals surface area contributed by atoms with E-state index in [9.17, 15) is 24.3 Å². The summed E-state index contributed by atoms with van der Waals surface area (Å²) in [6, 6.07) is 12.9. The SMILES string of the molecule is C[C@@H]1CC(N2CCN(c3ccc(Nc4nc(N5CCCC(N6CCn7c(cc8c7CC(C)(C)C8)C6=O)C5CO)cn(C)c4=O)cc3C=CC(=O)NC=O)[C@@H](C)C2)CCN1c1ccnc(N2CCOC[C@@H]2C)c1. The second-order valence-corrected chi connectivity index (χ2v) is 21.8. The van der Waals surface area contributed by atoms with Gasteiger partial charge in [0.1, 0.15) is 17.3 Å². The fourth-order valence-corrected chi connectivity index (χ4v) is 12.7. The molecule has 0 radical (unpaired) electrons. The molecule has 4 saturated heterocycles. The molecule has 18 nitrogen and oxygen atoms in total. The van der Waals surface area contributed by atoms with Crippen LogP contribution in [-0.4, -0.2) is 154 Å². The number of nitrogens with one attached hydrogen (secondary N) is 2. The van der Waals surface area contributed by atoms with E-state index in [2.05, 4.69) is 87.6 Å². The lowest BCUT2D eigenvalue weighted by Crippen LogP contribution is -2.60. The second kappa shape index (κ2) is 20.3. The van der Waals surface area contributed by atoms with E-state index in [-0.39, 0.29) is 47.4 Å². The maximum atomic E-state index is 14.2. The van der Waals surface area contributed by atoms with Crippen LogP contribution in [0.5, 0.6) is 0 Å². The monoisotopic (exact) mass is 985 g/mol. The molecular formula is C54H72N12O6. The second-order valence-electron chi connectivity index (χ2n) is 21.8. The Bertz CT molecular complexity index is 2770. The predicted octanol–water partition coefficient (Wildman–Crippen LogP) is 4.41. The first-order valence-electron chi connectivity index (χ1n) is 26.1. The summed E-state index contributed by atoms with van der Waals surface area (Å²) in [6.07, 6.45) is 12.6. The molecule has 1 aliphatic carbocycles. The summed E-state index contributed by atoms with van der Waals surface area (Å²) in [5.74, 6) is 1.11. The van der Waals surface area contributed by atoms with E-state index in [1.165, 1.54) is 27.6 Å². The number of rotatable bonds is 12. The smallest absolute Gasteiger partial charge is 0.293 e. The number of hydrogen-bond donors (Lipinski definition) is 3. The Labute approximate surface area is 422 Å². The number of carbonyl (C=O) groups is 3. The van der Waals surface area contributed by atoms with Gasteiger partial charge in [0.15, 0.2) is 5.82 Å². The molecule has 5 aliphatic heterocycles. The van der Waals surface area contributed by atoms with Crippen molar-refractivity contribution in [3.8, 4) is 0 Å². The minimum atomic E-state index is -0.541. The molecule has 6 atom stereocenters. The number of imide groups is 1. The number of aryl methyl sites for hydroxylation is 1. The van der Waals surface area contributed by atoms with Crippen molar-refractivity contribution in [2.75, 3.05) is 90.6 Å². The van der Waals surface area contributed by atoms with Gasteiger partial charge < -0.3 is 48.8 Å². The Morgan fingerprint density at radius 3 is 2.50 bits per heavy atom. The van der Waals surface area contributed by atoms with Gasteiger partial charge in [0.2, 0.25) is 12.3 Å². The number of aliphatic hydroxyl groups excluding tert-OH is 1. The van der Waals surface area contributed by atoms with Crippen molar-refractivity contribution in [3.63, 3.8) is 0 Å². The highest BCUT2D eigenvalue weighted by molar-refractivity contribution is 5.98. The maximum absolute atomic E-state index is 14.2. The highest BCUT2D eigenvalue weighted by Crippen LogP contribution is 2.40. The predicted molar refractivity (Wildman–Crippen MR) is 280 cm³/mol. The van der Waals surface area contributed by atoms with Crippen molar-refractivity contribution < 1.29 is 24.2 Å². The van der Waals surface area contributed by atoms with E-state index in [1.807, 2.05) is 34.2 Å². The van der Waals surface area contributed by atoms with Gasteiger partial charge in [-0.3, -0.25) is 29.4 Å². The molecular weight excluding hydrogens is 913 g/mol. The van der Waals surface area contributed by atoms with Crippen LogP contribution in [-0.2, 0) is 40.8 Å². The summed E-state index contributed by atoms with van der Waals surface area (Å²) >= 11 is 0. The molecule has 3 aromatic heterocycles. The largest absolute Gasteiger partial charge is 0.394 e. The van der Waals surface area contributed by atoms with Gasteiger partial charge in [-0.1, -0.05) is 13.8 Å². The molecule has 18 heteroatoms. The van der Waals surface area contributed by atoms with Crippen LogP contribution in [0.2, 0.25) is 0 Å². The molecule has 0 bridgehead atoms. The van der Waals surface area contributed by atoms with Gasteiger partial charge >= 0.3 is 0 Å². The third kappa shape index (κ3) is 9.72. The first-order valence-corrected chi connectivity index (χ1v) is 26.1. The average molecular weight is 985 g/mol. The molecule has 0 saturated carbocycles. The zero-order valence-corrected chi connectivity index (χ0v) is 42.8. The lowest BCUT2D eigenvalue weighted by Gasteiger charge is -2.48. The van der Waals surface area contributed by atoms with Crippen LogP contribution in [0, 0.1) is 5.41 Å². The van der Waals surface area contributed by atoms with Crippen molar-refractivity contribution >= 4 is 58.8 Å². The van der Waals surface area contributed by atoms with E-state index < -0.39 is 11.9 Å². The van der Waals surface area contributed by atoms with Crippen molar-refractivity contribution in [3.05, 3.63) is 87.7 Å². The van der Waals surface area contributed by atoms with E-state index in [1.54, 1.807) is 19.3 Å². The van der Waals surface area contributed by atoms with Gasteiger partial charge in [-0.15, -0.1) is 0 Å². The number of aromatic nitrogens is 4. The number of pyridine rings is 1. The van der Waals surface area contributed by atoms with Crippen molar-refractivity contribution in [1.82, 2.24) is 34.2 Å². The Morgan fingerprint density at radius 1 is 0.889 bits per heavy atom. The number of amides is 3. The van der Waals surface area contributed by atoms with Crippen molar-refractivity contribution in [2.45, 2.75) is 116 Å². The van der Waals surface area contributed by atoms with Gasteiger partial charge in [0, 0.05) is 130 Å². The number of ether oxygens (including phenoxy) is 1. The number of anilines is 6. The number of morpholine rings is 1. The van der Waals surface area contributed by atoms with E-state index in [0.717, 1.165) is 101 Å². The first kappa shape index (κ1) is 49.3. The molecule has 3 amide bonds. The van der Waals surface area contributed by atoms with Crippen LogP contribution in [0.4, 0.5) is 34.5 Å². The third-order valence-corrected chi connectivity index (χ3v) is 16.3. The Kier molecular flexibility index (Phi) is 13.9. The van der Waals surface area contributed by atoms with E-state index >= 15 is 0 Å². The molecule has 3 N–H and O–H groups in total. The fourth-order valence-electron chi connectivity index (χ4n) is 12.7. The quantitative estimate of drug-likeness (QED) is 0.134. The highest BCUT2D eigenvalue weighted by atomic mass is 16.5. The number of fused-ring (bicyclic) bond motifs is 3. The van der Waals surface area contributed by atoms with Crippen LogP contribution in [0.1, 0.15) is 87.6 Å². The molecule has 1 aromatic carbocycles. The number of aliphatic hydroxyl groups is 1. The van der Waals surface area contributed by atoms with Gasteiger partial charge in [-0.2, -0.15) is 0 Å². The summed E-state index contributed by atoms with van der Waals surface area (Å²) in [4.78, 5) is 75.3. The molecule has 6 aliphatic rings. The molecule has 0 spiro atoms. The van der Waals surface area contributed by atoms with Crippen LogP contribution in [0.3, 0.4) is 0 Å². The topological polar surface area (TPSA) is 177 Å². The summed E-state index contributed by atoms with van der Waals surface area (Å²) in [5, 5.41) is 16.5. The Balaban J connectivity index is 0.834. The zero-order valence-electron chi connectivity index (χ0n) is 42.8. The Morgan fingerprint density at radius 2 is 1.72 bits per heavy atom. The van der Waals surface area contributed by atoms with Gasteiger partial charge in [0.25, 0.3) is 11.5 Å². The van der Waals surface area contributed by atoms with Crippen molar-refractivity contribution in [2.24, 2.45) is 12.5 Å². The fraction of sp³-hybridized carbons (Fsp3) is 0.556. The summed E-state index contributed by atoms with van der Waals surface area (Å²) < 4.78 is 9.40. The lowest BCUT2D eigenvalue weighted by atomic mass is 9.90. The number of piperazine rings is 1. The van der Waals surface area contributed by atoms with Crippen LogP contribution >= 0.6 is 0 Å². The molecule has 72 heavy (non-hydrogen) atoms. The summed E-state index contributed by atoms with van der Waals surface area (Å²) in [7, 11) is 1.69. The zero-order chi connectivity index (χ0) is 50.4. The number of benzene rings is 1. The average Bonchev–Trinajstić information content (AvgIpc) is 3.86.